The van der Waals surface area contributed by atoms with Crippen LogP contribution < -0.4 is 0 Å². The summed E-state index contributed by atoms with van der Waals surface area (Å²) >= 11 is 0. The second-order valence-electron chi connectivity index (χ2n) is 1.68. The summed E-state index contributed by atoms with van der Waals surface area (Å²) in [5.41, 5.74) is 0. The van der Waals surface area contributed by atoms with Crippen molar-refractivity contribution in [2.24, 2.45) is 0 Å². The first-order valence-corrected chi connectivity index (χ1v) is 3.18. The molecule has 1 unspecified atom stereocenters. The van der Waals surface area contributed by atoms with Gasteiger partial charge in [0, 0.05) is 13.7 Å². The summed E-state index contributed by atoms with van der Waals surface area (Å²) in [5.74, 6) is -1.05. The number of carboxylic acid groups (broad SMARTS) is 1. The molecule has 0 radical (unpaired) electrons. The number of methoxy groups -OCH3 is 1. The van der Waals surface area contributed by atoms with E-state index in [1.165, 1.54) is 7.11 Å². The third-order valence-electron chi connectivity index (χ3n) is 0.838. The molecule has 0 aromatic heterocycles. The van der Waals surface area contributed by atoms with Crippen molar-refractivity contribution in [1.29, 1.82) is 0 Å². The second-order valence-corrected chi connectivity index (χ2v) is 1.68. The molecule has 0 aliphatic carbocycles. The Morgan fingerprint density at radius 3 is 2.55 bits per heavy atom. The topological polar surface area (TPSA) is 65.0 Å². The van der Waals surface area contributed by atoms with E-state index in [9.17, 15) is 4.79 Å². The fourth-order valence-corrected chi connectivity index (χ4v) is 0.460. The number of hydrogen-bond acceptors (Lipinski definition) is 4. The predicted octanol–water partition coefficient (Wildman–Crippen LogP) is 0.0541. The molecule has 5 nitrogen and oxygen atoms in total. The summed E-state index contributed by atoms with van der Waals surface area (Å²) in [7, 11) is 1.38. The Morgan fingerprint density at radius 2 is 2.18 bits per heavy atom. The van der Waals surface area contributed by atoms with Crippen LogP contribution in [0, 0.1) is 0 Å². The van der Waals surface area contributed by atoms with Gasteiger partial charge in [-0.05, 0) is 6.92 Å². The lowest BCUT2D eigenvalue weighted by Gasteiger charge is -2.13. The Kier molecular flexibility index (Phi) is 5.73. The molecule has 1 N–H and O–H groups in total. The van der Waals surface area contributed by atoms with Gasteiger partial charge in [-0.15, -0.1) is 0 Å². The second kappa shape index (κ2) is 6.09. The molecule has 0 fully saturated rings. The van der Waals surface area contributed by atoms with Crippen LogP contribution in [0.5, 0.6) is 0 Å². The number of hydrogen-bond donors (Lipinski definition) is 1. The summed E-state index contributed by atoms with van der Waals surface area (Å²) in [4.78, 5) is 9.99. The largest absolute Gasteiger partial charge is 0.480 e. The third kappa shape index (κ3) is 5.78. The third-order valence-corrected chi connectivity index (χ3v) is 0.838. The van der Waals surface area contributed by atoms with Crippen LogP contribution in [0.25, 0.3) is 0 Å². The first kappa shape index (κ1) is 10.3. The molecular weight excluding hydrogens is 152 g/mol. The highest BCUT2D eigenvalue weighted by molar-refractivity contribution is 5.67. The summed E-state index contributed by atoms with van der Waals surface area (Å²) in [6.07, 6.45) is 0. The number of ether oxygens (including phenoxy) is 3. The first-order chi connectivity index (χ1) is 5.20. The minimum Gasteiger partial charge on any atom is -0.480 e. The molecule has 5 heteroatoms. The molecule has 11 heavy (non-hydrogen) atoms. The highest BCUT2D eigenvalue weighted by Crippen LogP contribution is 1.94. The number of carbonyl (C=O) groups is 1. The number of rotatable bonds is 6. The van der Waals surface area contributed by atoms with E-state index >= 15 is 0 Å². The van der Waals surface area contributed by atoms with Gasteiger partial charge in [0.1, 0.15) is 6.61 Å². The zero-order valence-electron chi connectivity index (χ0n) is 6.57. The predicted molar refractivity (Wildman–Crippen MR) is 36.0 cm³/mol. The monoisotopic (exact) mass is 164 g/mol. The molecular formula is C6H12O5. The van der Waals surface area contributed by atoms with Crippen molar-refractivity contribution in [2.45, 2.75) is 13.4 Å². The smallest absolute Gasteiger partial charge is 0.329 e. The average Bonchev–Trinajstić information content (AvgIpc) is 1.97. The van der Waals surface area contributed by atoms with Crippen LogP contribution in [0.15, 0.2) is 0 Å². The van der Waals surface area contributed by atoms with E-state index < -0.39 is 19.1 Å². The Balaban J connectivity index is 3.43. The quantitative estimate of drug-likeness (QED) is 0.562. The van der Waals surface area contributed by atoms with Crippen LogP contribution in [-0.4, -0.2) is 37.9 Å². The van der Waals surface area contributed by atoms with Crippen molar-refractivity contribution >= 4 is 5.97 Å². The van der Waals surface area contributed by atoms with Crippen molar-refractivity contribution in [3.05, 3.63) is 0 Å². The Bertz CT molecular complexity index is 114. The lowest BCUT2D eigenvalue weighted by Crippen LogP contribution is -2.22. The Labute approximate surface area is 64.9 Å². The molecule has 0 amide bonds. The van der Waals surface area contributed by atoms with Crippen LogP contribution >= 0.6 is 0 Å². The zero-order valence-corrected chi connectivity index (χ0v) is 6.57. The van der Waals surface area contributed by atoms with Crippen LogP contribution in [0.4, 0.5) is 0 Å². The minimum atomic E-state index is -1.05. The van der Waals surface area contributed by atoms with E-state index in [-0.39, 0.29) is 0 Å². The zero-order chi connectivity index (χ0) is 8.69. The molecule has 0 saturated heterocycles. The van der Waals surface area contributed by atoms with Gasteiger partial charge in [-0.1, -0.05) is 0 Å². The lowest BCUT2D eigenvalue weighted by atomic mass is 10.7. The van der Waals surface area contributed by atoms with Gasteiger partial charge in [0.15, 0.2) is 0 Å². The van der Waals surface area contributed by atoms with Gasteiger partial charge in [0.2, 0.25) is 0 Å². The van der Waals surface area contributed by atoms with Crippen LogP contribution in [0.1, 0.15) is 6.92 Å². The maximum atomic E-state index is 9.99. The van der Waals surface area contributed by atoms with E-state index in [2.05, 4.69) is 9.47 Å². The van der Waals surface area contributed by atoms with Gasteiger partial charge in [0.25, 0.3) is 6.48 Å². The normalized spacial score (nSPS) is 12.9. The SMILES string of the molecule is CCOC(OC)OCC(=O)O. The molecule has 0 aromatic rings. The van der Waals surface area contributed by atoms with Gasteiger partial charge >= 0.3 is 5.97 Å². The van der Waals surface area contributed by atoms with Gasteiger partial charge in [0.05, 0.1) is 0 Å². The number of aliphatic carboxylic acids is 1. The van der Waals surface area contributed by atoms with Crippen molar-refractivity contribution < 1.29 is 24.1 Å². The molecule has 0 rings (SSSR count). The van der Waals surface area contributed by atoms with Crippen LogP contribution in [0.2, 0.25) is 0 Å². The standard InChI is InChI=1S/C6H12O5/c1-3-10-6(9-2)11-4-5(7)8/h6H,3-4H2,1-2H3,(H,7,8). The molecule has 66 valence electrons. The highest BCUT2D eigenvalue weighted by Gasteiger charge is 2.07. The van der Waals surface area contributed by atoms with E-state index in [4.69, 9.17) is 9.84 Å². The van der Waals surface area contributed by atoms with Gasteiger partial charge in [-0.2, -0.15) is 0 Å². The Hall–Kier alpha value is -0.650. The molecule has 0 aliphatic heterocycles. The summed E-state index contributed by atoms with van der Waals surface area (Å²) in [6.45, 7) is 0.878. The first-order valence-electron chi connectivity index (χ1n) is 3.18. The highest BCUT2D eigenvalue weighted by atomic mass is 16.8. The van der Waals surface area contributed by atoms with E-state index in [1.54, 1.807) is 6.92 Å². The van der Waals surface area contributed by atoms with Crippen molar-refractivity contribution in [3.8, 4) is 0 Å². The van der Waals surface area contributed by atoms with Crippen molar-refractivity contribution in [3.63, 3.8) is 0 Å². The van der Waals surface area contributed by atoms with Gasteiger partial charge in [-0.3, -0.25) is 0 Å². The fraction of sp³-hybridized carbons (Fsp3) is 0.833. The average molecular weight is 164 g/mol. The number of carboxylic acids is 1. The van der Waals surface area contributed by atoms with Crippen molar-refractivity contribution in [2.75, 3.05) is 20.3 Å². The molecule has 0 saturated carbocycles. The molecule has 1 atom stereocenters. The fourth-order valence-electron chi connectivity index (χ4n) is 0.460. The molecule has 0 spiro atoms. The van der Waals surface area contributed by atoms with Crippen LogP contribution in [-0.2, 0) is 19.0 Å². The van der Waals surface area contributed by atoms with Gasteiger partial charge < -0.3 is 19.3 Å². The molecule has 0 heterocycles. The summed E-state index contributed by atoms with van der Waals surface area (Å²) < 4.78 is 14.1. The molecule has 0 aliphatic rings. The molecule has 0 bridgehead atoms. The minimum absolute atomic E-state index is 0.415. The molecule has 0 aromatic carbocycles. The van der Waals surface area contributed by atoms with Crippen molar-refractivity contribution in [1.82, 2.24) is 0 Å². The maximum Gasteiger partial charge on any atom is 0.329 e. The van der Waals surface area contributed by atoms with Crippen LogP contribution in [0.3, 0.4) is 0 Å². The maximum absolute atomic E-state index is 9.99. The Morgan fingerprint density at radius 1 is 1.55 bits per heavy atom. The van der Waals surface area contributed by atoms with E-state index in [1.807, 2.05) is 0 Å². The van der Waals surface area contributed by atoms with Gasteiger partial charge in [-0.25, -0.2) is 4.79 Å². The van der Waals surface area contributed by atoms with E-state index in [0.29, 0.717) is 6.61 Å². The van der Waals surface area contributed by atoms with E-state index in [0.717, 1.165) is 0 Å². The lowest BCUT2D eigenvalue weighted by molar-refractivity contribution is -0.274. The summed E-state index contributed by atoms with van der Waals surface area (Å²) in [6, 6.07) is 0. The summed E-state index contributed by atoms with van der Waals surface area (Å²) in [5, 5.41) is 8.19.